The van der Waals surface area contributed by atoms with Gasteiger partial charge in [-0.1, -0.05) is 24.3 Å². The molecule has 0 atom stereocenters. The van der Waals surface area contributed by atoms with E-state index >= 15 is 0 Å². The standard InChI is InChI=1S/C26H22FN3O3/c27-20-5-2-7-22(17-20)29-26(33)19-4-1-6-21(16-19)28-24(31)14-11-18-9-12-23(13-10-18)30-15-3-8-25(30)32/h1-2,4-7,9-14,16-17H,3,8,15H2,(H,28,31)(H,29,33)/b14-11+. The van der Waals surface area contributed by atoms with Crippen LogP contribution in [-0.4, -0.2) is 24.3 Å². The summed E-state index contributed by atoms with van der Waals surface area (Å²) in [5.41, 5.74) is 2.81. The van der Waals surface area contributed by atoms with E-state index < -0.39 is 11.7 Å². The number of anilines is 3. The SMILES string of the molecule is O=C(/C=C/c1ccc(N2CCCC2=O)cc1)Nc1cccc(C(=O)Nc2cccc(F)c2)c1. The normalized spacial score (nSPS) is 13.4. The highest BCUT2D eigenvalue weighted by Gasteiger charge is 2.21. The van der Waals surface area contributed by atoms with Gasteiger partial charge in [-0.2, -0.15) is 0 Å². The quantitative estimate of drug-likeness (QED) is 0.534. The molecule has 1 aliphatic heterocycles. The predicted molar refractivity (Wildman–Crippen MR) is 126 cm³/mol. The molecule has 0 unspecified atom stereocenters. The third-order valence-corrected chi connectivity index (χ3v) is 5.18. The fraction of sp³-hybridized carbons (Fsp3) is 0.115. The van der Waals surface area contributed by atoms with Crippen molar-refractivity contribution in [3.05, 3.63) is 95.8 Å². The van der Waals surface area contributed by atoms with Gasteiger partial charge in [-0.25, -0.2) is 4.39 Å². The molecule has 166 valence electrons. The van der Waals surface area contributed by atoms with Gasteiger partial charge in [0.1, 0.15) is 5.82 Å². The van der Waals surface area contributed by atoms with Crippen LogP contribution in [0, 0.1) is 5.82 Å². The van der Waals surface area contributed by atoms with Crippen molar-refractivity contribution in [3.8, 4) is 0 Å². The molecule has 7 heteroatoms. The zero-order chi connectivity index (χ0) is 23.2. The Kier molecular flexibility index (Phi) is 6.59. The van der Waals surface area contributed by atoms with Gasteiger partial charge in [0.2, 0.25) is 11.8 Å². The summed E-state index contributed by atoms with van der Waals surface area (Å²) < 4.78 is 13.3. The first-order chi connectivity index (χ1) is 16.0. The molecule has 2 N–H and O–H groups in total. The maximum Gasteiger partial charge on any atom is 0.255 e. The number of halogens is 1. The molecule has 1 aliphatic rings. The second kappa shape index (κ2) is 9.91. The van der Waals surface area contributed by atoms with Crippen molar-refractivity contribution < 1.29 is 18.8 Å². The summed E-state index contributed by atoms with van der Waals surface area (Å²) in [7, 11) is 0. The maximum atomic E-state index is 13.3. The lowest BCUT2D eigenvalue weighted by Crippen LogP contribution is -2.23. The smallest absolute Gasteiger partial charge is 0.255 e. The molecule has 3 amide bonds. The Hall–Kier alpha value is -4.26. The third kappa shape index (κ3) is 5.71. The molecule has 0 aromatic heterocycles. The van der Waals surface area contributed by atoms with Crippen LogP contribution in [0.25, 0.3) is 6.08 Å². The highest BCUT2D eigenvalue weighted by atomic mass is 19.1. The zero-order valence-electron chi connectivity index (χ0n) is 17.8. The lowest BCUT2D eigenvalue weighted by Gasteiger charge is -2.15. The molecular formula is C26H22FN3O3. The first kappa shape index (κ1) is 22.0. The number of benzene rings is 3. The molecule has 3 aromatic rings. The Morgan fingerprint density at radius 2 is 1.64 bits per heavy atom. The second-order valence-corrected chi connectivity index (χ2v) is 7.61. The topological polar surface area (TPSA) is 78.5 Å². The number of hydrogen-bond acceptors (Lipinski definition) is 3. The summed E-state index contributed by atoms with van der Waals surface area (Å²) in [5.74, 6) is -1.08. The van der Waals surface area contributed by atoms with Crippen LogP contribution in [0.1, 0.15) is 28.8 Å². The van der Waals surface area contributed by atoms with Crippen LogP contribution in [0.3, 0.4) is 0 Å². The predicted octanol–water partition coefficient (Wildman–Crippen LogP) is 4.86. The summed E-state index contributed by atoms with van der Waals surface area (Å²) in [5, 5.41) is 5.35. The molecule has 0 radical (unpaired) electrons. The molecule has 1 fully saturated rings. The van der Waals surface area contributed by atoms with Gasteiger partial charge < -0.3 is 15.5 Å². The van der Waals surface area contributed by atoms with Gasteiger partial charge in [-0.15, -0.1) is 0 Å². The Morgan fingerprint density at radius 3 is 2.33 bits per heavy atom. The van der Waals surface area contributed by atoms with Crippen molar-refractivity contribution >= 4 is 40.9 Å². The second-order valence-electron chi connectivity index (χ2n) is 7.61. The van der Waals surface area contributed by atoms with E-state index in [1.54, 1.807) is 41.3 Å². The highest BCUT2D eigenvalue weighted by Crippen LogP contribution is 2.22. The van der Waals surface area contributed by atoms with Crippen LogP contribution in [0.5, 0.6) is 0 Å². The van der Waals surface area contributed by atoms with Crippen molar-refractivity contribution in [3.63, 3.8) is 0 Å². The minimum Gasteiger partial charge on any atom is -0.322 e. The fourth-order valence-electron chi connectivity index (χ4n) is 3.55. The largest absolute Gasteiger partial charge is 0.322 e. The van der Waals surface area contributed by atoms with Crippen molar-refractivity contribution in [2.45, 2.75) is 12.8 Å². The molecule has 33 heavy (non-hydrogen) atoms. The Morgan fingerprint density at radius 1 is 0.909 bits per heavy atom. The molecule has 0 aliphatic carbocycles. The lowest BCUT2D eigenvalue weighted by atomic mass is 10.1. The van der Waals surface area contributed by atoms with Crippen LogP contribution in [0.4, 0.5) is 21.5 Å². The number of hydrogen-bond donors (Lipinski definition) is 2. The molecule has 4 rings (SSSR count). The third-order valence-electron chi connectivity index (χ3n) is 5.18. The molecule has 0 saturated carbocycles. The van der Waals surface area contributed by atoms with Crippen LogP contribution in [0.15, 0.2) is 78.9 Å². The minimum absolute atomic E-state index is 0.129. The van der Waals surface area contributed by atoms with Crippen LogP contribution >= 0.6 is 0 Å². The highest BCUT2D eigenvalue weighted by molar-refractivity contribution is 6.06. The van der Waals surface area contributed by atoms with E-state index in [0.717, 1.165) is 24.2 Å². The summed E-state index contributed by atoms with van der Waals surface area (Å²) in [4.78, 5) is 38.4. The first-order valence-corrected chi connectivity index (χ1v) is 10.5. The zero-order valence-corrected chi connectivity index (χ0v) is 17.8. The fourth-order valence-corrected chi connectivity index (χ4v) is 3.55. The summed E-state index contributed by atoms with van der Waals surface area (Å²) in [6.45, 7) is 0.732. The van der Waals surface area contributed by atoms with Crippen molar-refractivity contribution in [1.82, 2.24) is 0 Å². The van der Waals surface area contributed by atoms with E-state index in [2.05, 4.69) is 10.6 Å². The Balaban J connectivity index is 1.36. The average Bonchev–Trinajstić information content (AvgIpc) is 3.24. The number of amides is 3. The van der Waals surface area contributed by atoms with Crippen LogP contribution in [0.2, 0.25) is 0 Å². The van der Waals surface area contributed by atoms with Gasteiger partial charge in [0, 0.05) is 41.7 Å². The van der Waals surface area contributed by atoms with Crippen molar-refractivity contribution in [2.24, 2.45) is 0 Å². The van der Waals surface area contributed by atoms with Gasteiger partial charge in [-0.3, -0.25) is 14.4 Å². The van der Waals surface area contributed by atoms with Gasteiger partial charge in [0.25, 0.3) is 5.91 Å². The van der Waals surface area contributed by atoms with E-state index in [0.29, 0.717) is 23.4 Å². The van der Waals surface area contributed by atoms with E-state index in [-0.39, 0.29) is 11.8 Å². The number of carbonyl (C=O) groups excluding carboxylic acids is 3. The van der Waals surface area contributed by atoms with Gasteiger partial charge in [-0.05, 0) is 66.6 Å². The number of nitrogens with zero attached hydrogens (tertiary/aromatic N) is 1. The van der Waals surface area contributed by atoms with Crippen LogP contribution < -0.4 is 15.5 Å². The summed E-state index contributed by atoms with van der Waals surface area (Å²) >= 11 is 0. The van der Waals surface area contributed by atoms with E-state index in [1.807, 2.05) is 24.3 Å². The van der Waals surface area contributed by atoms with Crippen LogP contribution in [-0.2, 0) is 9.59 Å². The number of carbonyl (C=O) groups is 3. The minimum atomic E-state index is -0.445. The van der Waals surface area contributed by atoms with E-state index in [9.17, 15) is 18.8 Å². The van der Waals surface area contributed by atoms with Gasteiger partial charge >= 0.3 is 0 Å². The maximum absolute atomic E-state index is 13.3. The molecule has 1 saturated heterocycles. The Bertz CT molecular complexity index is 1220. The van der Waals surface area contributed by atoms with Crippen molar-refractivity contribution in [2.75, 3.05) is 22.1 Å². The van der Waals surface area contributed by atoms with E-state index in [1.165, 1.54) is 24.3 Å². The Labute approximate surface area is 190 Å². The average molecular weight is 443 g/mol. The number of nitrogens with one attached hydrogen (secondary N) is 2. The first-order valence-electron chi connectivity index (χ1n) is 10.5. The number of rotatable bonds is 6. The molecule has 3 aromatic carbocycles. The molecule has 1 heterocycles. The molecule has 6 nitrogen and oxygen atoms in total. The molecule has 0 spiro atoms. The van der Waals surface area contributed by atoms with Gasteiger partial charge in [0.05, 0.1) is 0 Å². The summed E-state index contributed by atoms with van der Waals surface area (Å²) in [6.07, 6.45) is 4.52. The molecule has 0 bridgehead atoms. The molecular weight excluding hydrogens is 421 g/mol. The lowest BCUT2D eigenvalue weighted by molar-refractivity contribution is -0.117. The van der Waals surface area contributed by atoms with E-state index in [4.69, 9.17) is 0 Å². The monoisotopic (exact) mass is 443 g/mol. The van der Waals surface area contributed by atoms with Gasteiger partial charge in [0.15, 0.2) is 0 Å². The van der Waals surface area contributed by atoms with Crippen molar-refractivity contribution in [1.29, 1.82) is 0 Å². The summed E-state index contributed by atoms with van der Waals surface area (Å²) in [6, 6.07) is 19.5.